The van der Waals surface area contributed by atoms with Crippen molar-refractivity contribution >= 4 is 33.3 Å². The van der Waals surface area contributed by atoms with Gasteiger partial charge in [0.05, 0.1) is 21.3 Å². The fraction of sp³-hybridized carbons (Fsp3) is 0.381. The summed E-state index contributed by atoms with van der Waals surface area (Å²) >= 11 is 1.67. The van der Waals surface area contributed by atoms with Crippen LogP contribution in [-0.2, 0) is 4.74 Å². The maximum atomic E-state index is 12.5. The van der Waals surface area contributed by atoms with Gasteiger partial charge in [-0.2, -0.15) is 0 Å². The number of thiazole rings is 1. The maximum absolute atomic E-state index is 12.5. The average Bonchev–Trinajstić information content (AvgIpc) is 3.12. The van der Waals surface area contributed by atoms with Gasteiger partial charge in [-0.3, -0.25) is 4.98 Å². The minimum Gasteiger partial charge on any atom is -0.373 e. The number of urea groups is 1. The Kier molecular flexibility index (Phi) is 5.54. The van der Waals surface area contributed by atoms with E-state index in [1.165, 1.54) is 0 Å². The Hall–Kier alpha value is -2.51. The lowest BCUT2D eigenvalue weighted by Gasteiger charge is -2.30. The molecule has 0 saturated carbocycles. The average molecular weight is 397 g/mol. The van der Waals surface area contributed by atoms with Crippen molar-refractivity contribution in [3.8, 4) is 0 Å². The Morgan fingerprint density at radius 2 is 2.21 bits per heavy atom. The third kappa shape index (κ3) is 4.31. The Morgan fingerprint density at radius 1 is 1.32 bits per heavy atom. The number of nitrogens with one attached hydrogen (secondary N) is 2. The molecule has 2 atom stereocenters. The van der Waals surface area contributed by atoms with Crippen LogP contribution in [0.3, 0.4) is 0 Å². The van der Waals surface area contributed by atoms with E-state index < -0.39 is 0 Å². The number of nitrogens with zero attached hydrogens (tertiary/aromatic N) is 2. The minimum atomic E-state index is -0.190. The van der Waals surface area contributed by atoms with Gasteiger partial charge in [0, 0.05) is 36.6 Å². The summed E-state index contributed by atoms with van der Waals surface area (Å²) in [5.41, 5.74) is 2.80. The number of fused-ring (bicyclic) bond motifs is 1. The summed E-state index contributed by atoms with van der Waals surface area (Å²) in [6, 6.07) is 9.64. The standard InChI is InChI=1S/C21H24N4O2S/c1-13(2)20-25-17-6-5-15(11-19(17)28-20)23-21(26)24-16-7-9-27-18(10-16)14-4-3-8-22-12-14/h3-6,8,11-13,16,18H,7,9-10H2,1-2H3,(H2,23,24,26)/t16-,18+/m0/s1. The van der Waals surface area contributed by atoms with E-state index in [1.807, 2.05) is 36.5 Å². The zero-order chi connectivity index (χ0) is 19.5. The number of hydrogen-bond donors (Lipinski definition) is 2. The molecular weight excluding hydrogens is 372 g/mol. The van der Waals surface area contributed by atoms with Crippen LogP contribution < -0.4 is 10.6 Å². The van der Waals surface area contributed by atoms with Gasteiger partial charge in [0.1, 0.15) is 0 Å². The van der Waals surface area contributed by atoms with Gasteiger partial charge in [-0.25, -0.2) is 9.78 Å². The van der Waals surface area contributed by atoms with Crippen LogP contribution in [0, 0.1) is 0 Å². The van der Waals surface area contributed by atoms with E-state index in [0.717, 1.165) is 39.3 Å². The van der Waals surface area contributed by atoms with Crippen LogP contribution in [0.1, 0.15) is 49.3 Å². The van der Waals surface area contributed by atoms with Crippen LogP contribution in [0.25, 0.3) is 10.2 Å². The van der Waals surface area contributed by atoms with Crippen molar-refractivity contribution < 1.29 is 9.53 Å². The fourth-order valence-electron chi connectivity index (χ4n) is 3.35. The molecule has 1 aliphatic rings. The number of hydrogen-bond acceptors (Lipinski definition) is 5. The molecule has 4 rings (SSSR count). The molecule has 146 valence electrons. The second-order valence-corrected chi connectivity index (χ2v) is 8.42. The Morgan fingerprint density at radius 3 is 3.00 bits per heavy atom. The molecule has 0 spiro atoms. The third-order valence-electron chi connectivity index (χ3n) is 4.83. The lowest BCUT2D eigenvalue weighted by molar-refractivity contribution is 0.00235. The van der Waals surface area contributed by atoms with E-state index >= 15 is 0 Å². The van der Waals surface area contributed by atoms with Crippen LogP contribution in [0.4, 0.5) is 10.5 Å². The van der Waals surface area contributed by atoms with Crippen LogP contribution in [0.15, 0.2) is 42.7 Å². The SMILES string of the molecule is CC(C)c1nc2ccc(NC(=O)N[C@H]3CCO[C@@H](c4cccnc4)C3)cc2s1. The molecule has 7 heteroatoms. The molecule has 3 heterocycles. The van der Waals surface area contributed by atoms with Crippen LogP contribution in [-0.4, -0.2) is 28.6 Å². The summed E-state index contributed by atoms with van der Waals surface area (Å²) in [6.45, 7) is 4.89. The van der Waals surface area contributed by atoms with E-state index in [2.05, 4.69) is 34.4 Å². The van der Waals surface area contributed by atoms with Gasteiger partial charge in [0.15, 0.2) is 0 Å². The van der Waals surface area contributed by atoms with Crippen molar-refractivity contribution in [1.82, 2.24) is 15.3 Å². The zero-order valence-electron chi connectivity index (χ0n) is 16.0. The van der Waals surface area contributed by atoms with Crippen LogP contribution in [0.5, 0.6) is 0 Å². The number of carbonyl (C=O) groups excluding carboxylic acids is 1. The summed E-state index contributed by atoms with van der Waals surface area (Å²) < 4.78 is 6.93. The van der Waals surface area contributed by atoms with Gasteiger partial charge < -0.3 is 15.4 Å². The van der Waals surface area contributed by atoms with E-state index in [0.29, 0.717) is 12.5 Å². The predicted octanol–water partition coefficient (Wildman–Crippen LogP) is 4.86. The molecule has 0 radical (unpaired) electrons. The highest BCUT2D eigenvalue weighted by atomic mass is 32.1. The molecule has 6 nitrogen and oxygen atoms in total. The molecule has 28 heavy (non-hydrogen) atoms. The largest absolute Gasteiger partial charge is 0.373 e. The quantitative estimate of drug-likeness (QED) is 0.660. The third-order valence-corrected chi connectivity index (χ3v) is 6.15. The number of carbonyl (C=O) groups is 1. The van der Waals surface area contributed by atoms with Crippen molar-refractivity contribution in [1.29, 1.82) is 0 Å². The molecule has 2 N–H and O–H groups in total. The molecule has 2 aromatic heterocycles. The van der Waals surface area contributed by atoms with E-state index in [1.54, 1.807) is 17.5 Å². The fourth-order valence-corrected chi connectivity index (χ4v) is 4.36. The highest BCUT2D eigenvalue weighted by molar-refractivity contribution is 7.18. The van der Waals surface area contributed by atoms with E-state index in [4.69, 9.17) is 4.74 Å². The predicted molar refractivity (Wildman–Crippen MR) is 112 cm³/mol. The number of rotatable bonds is 4. The number of ether oxygens (including phenoxy) is 1. The van der Waals surface area contributed by atoms with Gasteiger partial charge in [0.25, 0.3) is 0 Å². The van der Waals surface area contributed by atoms with Gasteiger partial charge in [-0.05, 0) is 42.7 Å². The smallest absolute Gasteiger partial charge is 0.319 e. The summed E-state index contributed by atoms with van der Waals surface area (Å²) in [7, 11) is 0. The lowest BCUT2D eigenvalue weighted by atomic mass is 9.99. The number of amides is 2. The topological polar surface area (TPSA) is 76.1 Å². The second kappa shape index (κ2) is 8.24. The second-order valence-electron chi connectivity index (χ2n) is 7.35. The first-order valence-corrected chi connectivity index (χ1v) is 10.4. The van der Waals surface area contributed by atoms with Crippen molar-refractivity contribution in [2.45, 2.75) is 44.8 Å². The summed E-state index contributed by atoms with van der Waals surface area (Å²) in [4.78, 5) is 21.3. The molecule has 1 aliphatic heterocycles. The Balaban J connectivity index is 1.38. The molecule has 2 amide bonds. The van der Waals surface area contributed by atoms with Gasteiger partial charge >= 0.3 is 6.03 Å². The van der Waals surface area contributed by atoms with Gasteiger partial charge in [0.2, 0.25) is 0 Å². The van der Waals surface area contributed by atoms with Crippen molar-refractivity contribution in [3.63, 3.8) is 0 Å². The summed E-state index contributed by atoms with van der Waals surface area (Å²) in [5.74, 6) is 0.401. The van der Waals surface area contributed by atoms with Crippen molar-refractivity contribution in [3.05, 3.63) is 53.3 Å². The normalized spacial score (nSPS) is 19.7. The van der Waals surface area contributed by atoms with Crippen molar-refractivity contribution in [2.75, 3.05) is 11.9 Å². The molecule has 1 fully saturated rings. The molecule has 1 saturated heterocycles. The molecule has 3 aromatic rings. The molecule has 0 aliphatic carbocycles. The van der Waals surface area contributed by atoms with Crippen LogP contribution >= 0.6 is 11.3 Å². The van der Waals surface area contributed by atoms with Crippen molar-refractivity contribution in [2.24, 2.45) is 0 Å². The highest BCUT2D eigenvalue weighted by Crippen LogP contribution is 2.30. The molecule has 0 bridgehead atoms. The van der Waals surface area contributed by atoms with E-state index in [9.17, 15) is 4.79 Å². The first-order chi connectivity index (χ1) is 13.6. The maximum Gasteiger partial charge on any atom is 0.319 e. The highest BCUT2D eigenvalue weighted by Gasteiger charge is 2.25. The molecular formula is C21H24N4O2S. The minimum absolute atomic E-state index is 0.0317. The molecule has 1 aromatic carbocycles. The van der Waals surface area contributed by atoms with Gasteiger partial charge in [-0.1, -0.05) is 19.9 Å². The first kappa shape index (κ1) is 18.8. The first-order valence-electron chi connectivity index (χ1n) is 9.58. The number of aromatic nitrogens is 2. The summed E-state index contributed by atoms with van der Waals surface area (Å²) in [5, 5.41) is 7.14. The van der Waals surface area contributed by atoms with E-state index in [-0.39, 0.29) is 18.2 Å². The van der Waals surface area contributed by atoms with Crippen LogP contribution in [0.2, 0.25) is 0 Å². The van der Waals surface area contributed by atoms with Gasteiger partial charge in [-0.15, -0.1) is 11.3 Å². The zero-order valence-corrected chi connectivity index (χ0v) is 16.8. The lowest BCUT2D eigenvalue weighted by Crippen LogP contribution is -2.42. The summed E-state index contributed by atoms with van der Waals surface area (Å²) in [6.07, 6.45) is 5.08. The number of benzene rings is 1. The Bertz CT molecular complexity index is 957. The number of anilines is 1. The Labute approximate surface area is 168 Å². The number of pyridine rings is 1. The molecule has 0 unspecified atom stereocenters. The monoisotopic (exact) mass is 396 g/mol.